The third kappa shape index (κ3) is 5.41. The van der Waals surface area contributed by atoms with Gasteiger partial charge in [0.1, 0.15) is 6.61 Å². The molecule has 4 rings (SSSR count). The van der Waals surface area contributed by atoms with Crippen LogP contribution >= 0.6 is 0 Å². The molecule has 12 heteroatoms. The zero-order valence-corrected chi connectivity index (χ0v) is 18.8. The first-order valence-corrected chi connectivity index (χ1v) is 10.7. The number of likely N-dealkylation sites (tertiary alicyclic amines) is 1. The molecule has 186 valence electrons. The van der Waals surface area contributed by atoms with Crippen LogP contribution in [-0.4, -0.2) is 55.7 Å². The fourth-order valence-corrected chi connectivity index (χ4v) is 4.12. The second kappa shape index (κ2) is 9.23. The molecule has 0 aromatic carbocycles. The van der Waals surface area contributed by atoms with Gasteiger partial charge in [-0.2, -0.15) is 18.3 Å². The molecule has 0 aliphatic carbocycles. The Labute approximate surface area is 197 Å². The number of pyridine rings is 2. The van der Waals surface area contributed by atoms with E-state index in [4.69, 9.17) is 4.74 Å². The molecule has 0 spiro atoms. The normalized spacial score (nSPS) is 20.0. The molecule has 1 aliphatic rings. The van der Waals surface area contributed by atoms with Gasteiger partial charge in [0.15, 0.2) is 5.69 Å². The van der Waals surface area contributed by atoms with Crippen molar-refractivity contribution in [1.29, 1.82) is 0 Å². The lowest BCUT2D eigenvalue weighted by Crippen LogP contribution is -2.57. The smallest absolute Gasteiger partial charge is 0.417 e. The molecule has 0 radical (unpaired) electrons. The Morgan fingerprint density at radius 3 is 2.60 bits per heavy atom. The third-order valence-electron chi connectivity index (χ3n) is 5.78. The Morgan fingerprint density at radius 2 is 1.97 bits per heavy atom. The third-order valence-corrected chi connectivity index (χ3v) is 5.78. The van der Waals surface area contributed by atoms with Crippen molar-refractivity contribution >= 4 is 5.91 Å². The predicted molar refractivity (Wildman–Crippen MR) is 115 cm³/mol. The van der Waals surface area contributed by atoms with E-state index in [-0.39, 0.29) is 18.2 Å². The molecular weight excluding hydrogens is 473 g/mol. The summed E-state index contributed by atoms with van der Waals surface area (Å²) in [7, 11) is 1.60. The number of hydrogen-bond donors (Lipinski definition) is 0. The lowest BCUT2D eigenvalue weighted by Gasteiger charge is -2.42. The molecule has 35 heavy (non-hydrogen) atoms. The first kappa shape index (κ1) is 24.6. The Kier molecular flexibility index (Phi) is 6.48. The average Bonchev–Trinajstić information content (AvgIpc) is 3.19. The summed E-state index contributed by atoms with van der Waals surface area (Å²) in [5.41, 5.74) is -0.121. The summed E-state index contributed by atoms with van der Waals surface area (Å²) >= 11 is 0. The molecule has 3 aromatic heterocycles. The summed E-state index contributed by atoms with van der Waals surface area (Å²) in [6.07, 6.45) is -1.27. The number of carbonyl (C=O) groups excluding carboxylic acids is 1. The van der Waals surface area contributed by atoms with Crippen molar-refractivity contribution < 1.29 is 31.5 Å². The Balaban J connectivity index is 1.60. The first-order valence-electron chi connectivity index (χ1n) is 10.7. The minimum absolute atomic E-state index is 0.0336. The molecule has 4 heterocycles. The Hall–Kier alpha value is -3.57. The molecule has 0 saturated carbocycles. The second-order valence-electron chi connectivity index (χ2n) is 8.51. The van der Waals surface area contributed by atoms with E-state index in [2.05, 4.69) is 15.1 Å². The van der Waals surface area contributed by atoms with Gasteiger partial charge in [-0.25, -0.2) is 13.8 Å². The van der Waals surface area contributed by atoms with Gasteiger partial charge in [0.25, 0.3) is 11.8 Å². The molecule has 0 N–H and O–H groups in total. The molecule has 2 unspecified atom stereocenters. The number of halogens is 5. The van der Waals surface area contributed by atoms with Gasteiger partial charge < -0.3 is 9.64 Å². The SMILES string of the molecule is CC1CC(F)(F)CN(C(=O)c2nn(C)cc2-c2ccccn2)C1COc1ccc(C(F)(F)F)cn1. The second-order valence-corrected chi connectivity index (χ2v) is 8.51. The maximum absolute atomic E-state index is 14.5. The Bertz CT molecular complexity index is 1180. The molecule has 2 atom stereocenters. The van der Waals surface area contributed by atoms with Crippen LogP contribution in [0.2, 0.25) is 0 Å². The fraction of sp³-hybridized carbons (Fsp3) is 0.391. The standard InChI is InChI=1S/C23H22F5N5O2/c1-14-9-22(24,25)13-33(18(14)12-35-19-7-6-15(10-30-19)23(26,27)28)21(34)20-16(11-32(2)31-20)17-5-3-4-8-29-17/h3-8,10-11,14,18H,9,12-13H2,1-2H3. The quantitative estimate of drug-likeness (QED) is 0.489. The summed E-state index contributed by atoms with van der Waals surface area (Å²) < 4.78 is 74.3. The van der Waals surface area contributed by atoms with Crippen molar-refractivity contribution in [3.8, 4) is 17.1 Å². The maximum Gasteiger partial charge on any atom is 0.417 e. The highest BCUT2D eigenvalue weighted by molar-refractivity contribution is 5.98. The van der Waals surface area contributed by atoms with E-state index >= 15 is 0 Å². The topological polar surface area (TPSA) is 73.1 Å². The zero-order valence-electron chi connectivity index (χ0n) is 18.8. The molecular formula is C23H22F5N5O2. The van der Waals surface area contributed by atoms with Gasteiger partial charge in [0.2, 0.25) is 5.88 Å². The van der Waals surface area contributed by atoms with Crippen molar-refractivity contribution in [2.24, 2.45) is 13.0 Å². The molecule has 1 aliphatic heterocycles. The van der Waals surface area contributed by atoms with Gasteiger partial charge in [-0.1, -0.05) is 13.0 Å². The number of nitrogens with zero attached hydrogens (tertiary/aromatic N) is 5. The van der Waals surface area contributed by atoms with Crippen LogP contribution in [0.4, 0.5) is 22.0 Å². The summed E-state index contributed by atoms with van der Waals surface area (Å²) in [5, 5.41) is 4.20. The van der Waals surface area contributed by atoms with Crippen molar-refractivity contribution in [3.05, 3.63) is 60.2 Å². The zero-order chi connectivity index (χ0) is 25.4. The Morgan fingerprint density at radius 1 is 1.20 bits per heavy atom. The monoisotopic (exact) mass is 495 g/mol. The number of rotatable bonds is 5. The van der Waals surface area contributed by atoms with Gasteiger partial charge >= 0.3 is 6.18 Å². The van der Waals surface area contributed by atoms with Crippen molar-refractivity contribution in [3.63, 3.8) is 0 Å². The minimum atomic E-state index is -4.55. The van der Waals surface area contributed by atoms with Crippen LogP contribution < -0.4 is 4.74 Å². The van der Waals surface area contributed by atoms with Crippen LogP contribution in [0.1, 0.15) is 29.4 Å². The number of aromatic nitrogens is 4. The largest absolute Gasteiger partial charge is 0.475 e. The molecule has 0 bridgehead atoms. The fourth-order valence-electron chi connectivity index (χ4n) is 4.12. The van der Waals surface area contributed by atoms with Gasteiger partial charge in [-0.3, -0.25) is 14.5 Å². The van der Waals surface area contributed by atoms with Gasteiger partial charge in [0, 0.05) is 38.1 Å². The van der Waals surface area contributed by atoms with Crippen LogP contribution in [0.3, 0.4) is 0 Å². The van der Waals surface area contributed by atoms with Gasteiger partial charge in [0.05, 0.1) is 29.4 Å². The number of carbonyl (C=O) groups is 1. The molecule has 1 amide bonds. The van der Waals surface area contributed by atoms with E-state index in [1.807, 2.05) is 0 Å². The average molecular weight is 495 g/mol. The predicted octanol–water partition coefficient (Wildman–Crippen LogP) is 4.46. The number of piperidine rings is 1. The molecule has 7 nitrogen and oxygen atoms in total. The highest BCUT2D eigenvalue weighted by Gasteiger charge is 2.47. The number of alkyl halides is 5. The van der Waals surface area contributed by atoms with Crippen molar-refractivity contribution in [2.75, 3.05) is 13.2 Å². The van der Waals surface area contributed by atoms with Crippen molar-refractivity contribution in [1.82, 2.24) is 24.6 Å². The van der Waals surface area contributed by atoms with Crippen molar-refractivity contribution in [2.45, 2.75) is 31.5 Å². The summed E-state index contributed by atoms with van der Waals surface area (Å²) in [4.78, 5) is 22.4. The van der Waals surface area contributed by atoms with E-state index in [1.54, 1.807) is 44.6 Å². The van der Waals surface area contributed by atoms with E-state index in [1.165, 1.54) is 4.68 Å². The van der Waals surface area contributed by atoms with Crippen LogP contribution in [0.15, 0.2) is 48.9 Å². The molecule has 1 fully saturated rings. The van der Waals surface area contributed by atoms with E-state index in [0.29, 0.717) is 17.5 Å². The molecule has 1 saturated heterocycles. The summed E-state index contributed by atoms with van der Waals surface area (Å²) in [6.45, 7) is 0.496. The van der Waals surface area contributed by atoms with Gasteiger partial charge in [-0.15, -0.1) is 0 Å². The lowest BCUT2D eigenvalue weighted by molar-refractivity contribution is -0.137. The summed E-state index contributed by atoms with van der Waals surface area (Å²) in [5.74, 6) is -4.62. The molecule has 3 aromatic rings. The number of amides is 1. The highest BCUT2D eigenvalue weighted by Crippen LogP contribution is 2.36. The number of hydrogen-bond acceptors (Lipinski definition) is 5. The lowest BCUT2D eigenvalue weighted by atomic mass is 9.88. The number of ether oxygens (including phenoxy) is 1. The van der Waals surface area contributed by atoms with E-state index < -0.39 is 48.5 Å². The maximum atomic E-state index is 14.5. The van der Waals surface area contributed by atoms with Gasteiger partial charge in [-0.05, 0) is 24.1 Å². The van der Waals surface area contributed by atoms with Crippen LogP contribution in [0.25, 0.3) is 11.3 Å². The number of aryl methyl sites for hydroxylation is 1. The van der Waals surface area contributed by atoms with E-state index in [9.17, 15) is 26.7 Å². The van der Waals surface area contributed by atoms with E-state index in [0.717, 1.165) is 17.0 Å². The highest BCUT2D eigenvalue weighted by atomic mass is 19.4. The first-order chi connectivity index (χ1) is 16.4. The van der Waals surface area contributed by atoms with Crippen LogP contribution in [0.5, 0.6) is 5.88 Å². The van der Waals surface area contributed by atoms with Crippen LogP contribution in [0, 0.1) is 5.92 Å². The minimum Gasteiger partial charge on any atom is -0.475 e. The van der Waals surface area contributed by atoms with Crippen LogP contribution in [-0.2, 0) is 13.2 Å². The summed E-state index contributed by atoms with van der Waals surface area (Å²) in [6, 6.07) is 6.19.